The molecular formula is C24H20N2O2S. The Morgan fingerprint density at radius 1 is 1.03 bits per heavy atom. The Morgan fingerprint density at radius 3 is 2.28 bits per heavy atom. The van der Waals surface area contributed by atoms with Crippen LogP contribution in [0.4, 0.5) is 0 Å². The van der Waals surface area contributed by atoms with Crippen molar-refractivity contribution in [3.05, 3.63) is 82.5 Å². The van der Waals surface area contributed by atoms with E-state index in [1.807, 2.05) is 49.4 Å². The van der Waals surface area contributed by atoms with E-state index in [1.165, 1.54) is 18.7 Å². The number of rotatable bonds is 6. The molecule has 0 bridgehead atoms. The van der Waals surface area contributed by atoms with Crippen LogP contribution in [0, 0.1) is 25.2 Å². The largest absolute Gasteiger partial charge is 0.294 e. The van der Waals surface area contributed by atoms with Gasteiger partial charge in [-0.1, -0.05) is 71.9 Å². The molecule has 0 spiro atoms. The molecule has 0 saturated carbocycles. The summed E-state index contributed by atoms with van der Waals surface area (Å²) in [6.07, 6.45) is 0. The lowest BCUT2D eigenvalue weighted by Gasteiger charge is -2.15. The van der Waals surface area contributed by atoms with Gasteiger partial charge in [0.2, 0.25) is 0 Å². The fourth-order valence-electron chi connectivity index (χ4n) is 3.17. The molecular weight excluding hydrogens is 380 g/mol. The van der Waals surface area contributed by atoms with Gasteiger partial charge in [0, 0.05) is 16.7 Å². The Kier molecular flexibility index (Phi) is 6.26. The van der Waals surface area contributed by atoms with Gasteiger partial charge in [-0.2, -0.15) is 5.26 Å². The number of ketones is 2. The fourth-order valence-corrected chi connectivity index (χ4v) is 4.09. The quantitative estimate of drug-likeness (QED) is 0.408. The second-order valence-corrected chi connectivity index (χ2v) is 7.70. The number of Topliss-reactive ketones (excluding diaryl/α,β-unsaturated/α-hetero) is 2. The predicted octanol–water partition coefficient (Wildman–Crippen LogP) is 5.41. The minimum Gasteiger partial charge on any atom is -0.294 e. The van der Waals surface area contributed by atoms with Gasteiger partial charge >= 0.3 is 0 Å². The number of nitriles is 1. The van der Waals surface area contributed by atoms with Crippen LogP contribution in [0.2, 0.25) is 0 Å². The normalized spacial score (nSPS) is 10.4. The van der Waals surface area contributed by atoms with Crippen LogP contribution in [-0.2, 0) is 0 Å². The lowest BCUT2D eigenvalue weighted by Crippen LogP contribution is -2.08. The average Bonchev–Trinajstić information content (AvgIpc) is 2.72. The minimum absolute atomic E-state index is 0.0322. The number of thioether (sulfide) groups is 1. The Labute approximate surface area is 174 Å². The Bertz CT molecular complexity index is 1110. The van der Waals surface area contributed by atoms with E-state index in [9.17, 15) is 14.9 Å². The van der Waals surface area contributed by atoms with E-state index < -0.39 is 0 Å². The Balaban J connectivity index is 2.02. The zero-order valence-electron chi connectivity index (χ0n) is 16.5. The third-order valence-corrected chi connectivity index (χ3v) is 5.56. The molecule has 3 aromatic rings. The number of benzene rings is 2. The van der Waals surface area contributed by atoms with Crippen molar-refractivity contribution in [1.29, 1.82) is 5.26 Å². The number of aromatic nitrogens is 1. The molecule has 144 valence electrons. The molecule has 0 amide bonds. The van der Waals surface area contributed by atoms with Crippen LogP contribution in [0.5, 0.6) is 0 Å². The molecule has 2 aromatic carbocycles. The topological polar surface area (TPSA) is 70.8 Å². The lowest BCUT2D eigenvalue weighted by atomic mass is 9.93. The summed E-state index contributed by atoms with van der Waals surface area (Å²) in [7, 11) is 0. The van der Waals surface area contributed by atoms with Gasteiger partial charge in [-0.05, 0) is 26.3 Å². The van der Waals surface area contributed by atoms with Crippen LogP contribution >= 0.6 is 11.8 Å². The molecule has 0 radical (unpaired) electrons. The van der Waals surface area contributed by atoms with Crippen molar-refractivity contribution in [3.63, 3.8) is 0 Å². The highest BCUT2D eigenvalue weighted by molar-refractivity contribution is 8.00. The van der Waals surface area contributed by atoms with E-state index in [-0.39, 0.29) is 17.3 Å². The summed E-state index contributed by atoms with van der Waals surface area (Å²) in [6.45, 7) is 5.21. The molecule has 0 fully saturated rings. The van der Waals surface area contributed by atoms with Gasteiger partial charge in [-0.25, -0.2) is 4.98 Å². The standard InChI is InChI=1S/C24H20N2O2S/c1-15-9-11-18(12-10-15)21(28)14-29-24-20(13-25)23(19-7-5-4-6-8-19)22(17(3)27)16(2)26-24/h4-12H,14H2,1-3H3. The van der Waals surface area contributed by atoms with E-state index >= 15 is 0 Å². The fraction of sp³-hybridized carbons (Fsp3) is 0.167. The van der Waals surface area contributed by atoms with Crippen LogP contribution in [0.1, 0.15) is 44.5 Å². The number of aryl methyl sites for hydroxylation is 2. The number of pyridine rings is 1. The van der Waals surface area contributed by atoms with Crippen molar-refractivity contribution < 1.29 is 9.59 Å². The number of carbonyl (C=O) groups excluding carboxylic acids is 2. The Hall–Kier alpha value is -3.23. The maximum absolute atomic E-state index is 12.6. The van der Waals surface area contributed by atoms with E-state index in [1.54, 1.807) is 19.1 Å². The number of hydrogen-bond acceptors (Lipinski definition) is 5. The number of carbonyl (C=O) groups is 2. The highest BCUT2D eigenvalue weighted by Crippen LogP contribution is 2.35. The molecule has 0 atom stereocenters. The highest BCUT2D eigenvalue weighted by Gasteiger charge is 2.22. The first kappa shape index (κ1) is 20.5. The average molecular weight is 401 g/mol. The first-order valence-corrected chi connectivity index (χ1v) is 10.1. The second-order valence-electron chi connectivity index (χ2n) is 6.74. The maximum atomic E-state index is 12.6. The van der Waals surface area contributed by atoms with Gasteiger partial charge in [-0.15, -0.1) is 0 Å². The molecule has 0 unspecified atom stereocenters. The molecule has 0 aliphatic rings. The third kappa shape index (κ3) is 4.44. The molecule has 1 heterocycles. The first-order chi connectivity index (χ1) is 13.9. The molecule has 0 aliphatic carbocycles. The molecule has 0 N–H and O–H groups in total. The third-order valence-electron chi connectivity index (χ3n) is 4.58. The van der Waals surface area contributed by atoms with Crippen molar-refractivity contribution in [2.45, 2.75) is 25.8 Å². The van der Waals surface area contributed by atoms with Gasteiger partial charge in [-0.3, -0.25) is 9.59 Å². The van der Waals surface area contributed by atoms with Gasteiger partial charge in [0.15, 0.2) is 11.6 Å². The van der Waals surface area contributed by atoms with Crippen molar-refractivity contribution in [2.24, 2.45) is 0 Å². The zero-order chi connectivity index (χ0) is 21.0. The molecule has 29 heavy (non-hydrogen) atoms. The van der Waals surface area contributed by atoms with Crippen LogP contribution < -0.4 is 0 Å². The minimum atomic E-state index is -0.141. The molecule has 4 nitrogen and oxygen atoms in total. The lowest BCUT2D eigenvalue weighted by molar-refractivity contribution is 0.101. The maximum Gasteiger partial charge on any atom is 0.173 e. The van der Waals surface area contributed by atoms with Crippen LogP contribution in [-0.4, -0.2) is 22.3 Å². The van der Waals surface area contributed by atoms with Crippen molar-refractivity contribution in [3.8, 4) is 17.2 Å². The molecule has 1 aromatic heterocycles. The smallest absolute Gasteiger partial charge is 0.173 e. The SMILES string of the molecule is CC(=O)c1c(C)nc(SCC(=O)c2ccc(C)cc2)c(C#N)c1-c1ccccc1. The van der Waals surface area contributed by atoms with E-state index in [0.717, 1.165) is 11.1 Å². The van der Waals surface area contributed by atoms with Crippen LogP contribution in [0.25, 0.3) is 11.1 Å². The van der Waals surface area contributed by atoms with Gasteiger partial charge < -0.3 is 0 Å². The summed E-state index contributed by atoms with van der Waals surface area (Å²) in [5.41, 5.74) is 4.41. The van der Waals surface area contributed by atoms with Crippen molar-refractivity contribution >= 4 is 23.3 Å². The second kappa shape index (κ2) is 8.85. The molecule has 5 heteroatoms. The summed E-state index contributed by atoms with van der Waals surface area (Å²) in [5, 5.41) is 10.3. The summed E-state index contributed by atoms with van der Waals surface area (Å²) in [5.74, 6) is -0.00874. The first-order valence-electron chi connectivity index (χ1n) is 9.16. The van der Waals surface area contributed by atoms with Crippen molar-refractivity contribution in [2.75, 3.05) is 5.75 Å². The zero-order valence-corrected chi connectivity index (χ0v) is 17.3. The number of nitrogens with zero attached hydrogens (tertiary/aromatic N) is 2. The molecule has 3 rings (SSSR count). The highest BCUT2D eigenvalue weighted by atomic mass is 32.2. The van der Waals surface area contributed by atoms with Gasteiger partial charge in [0.05, 0.1) is 17.0 Å². The predicted molar refractivity (Wildman–Crippen MR) is 115 cm³/mol. The van der Waals surface area contributed by atoms with E-state index in [4.69, 9.17) is 0 Å². The number of hydrogen-bond donors (Lipinski definition) is 0. The summed E-state index contributed by atoms with van der Waals surface area (Å²) in [4.78, 5) is 29.4. The summed E-state index contributed by atoms with van der Waals surface area (Å²) < 4.78 is 0. The Morgan fingerprint density at radius 2 is 1.69 bits per heavy atom. The molecule has 0 aliphatic heterocycles. The summed E-state index contributed by atoms with van der Waals surface area (Å²) in [6, 6.07) is 19.0. The van der Waals surface area contributed by atoms with Gasteiger partial charge in [0.1, 0.15) is 11.1 Å². The van der Waals surface area contributed by atoms with Crippen molar-refractivity contribution in [1.82, 2.24) is 4.98 Å². The van der Waals surface area contributed by atoms with Crippen LogP contribution in [0.3, 0.4) is 0 Å². The molecule has 0 saturated heterocycles. The monoisotopic (exact) mass is 400 g/mol. The van der Waals surface area contributed by atoms with E-state index in [0.29, 0.717) is 33.0 Å². The van der Waals surface area contributed by atoms with Gasteiger partial charge in [0.25, 0.3) is 0 Å². The summed E-state index contributed by atoms with van der Waals surface area (Å²) >= 11 is 1.23. The van der Waals surface area contributed by atoms with E-state index in [2.05, 4.69) is 11.1 Å². The van der Waals surface area contributed by atoms with Crippen LogP contribution in [0.15, 0.2) is 59.6 Å².